The van der Waals surface area contributed by atoms with Crippen molar-refractivity contribution >= 4 is 23.2 Å². The smallest absolute Gasteiger partial charge is 0.259 e. The first-order chi connectivity index (χ1) is 9.52. The molecule has 0 aromatic heterocycles. The molecule has 0 saturated heterocycles. The zero-order valence-electron chi connectivity index (χ0n) is 11.0. The normalized spacial score (nSPS) is 10.2. The van der Waals surface area contributed by atoms with Crippen molar-refractivity contribution in [3.8, 4) is 5.75 Å². The van der Waals surface area contributed by atoms with Gasteiger partial charge in [0.15, 0.2) is 0 Å². The number of carbonyl (C=O) groups excluding carboxylic acids is 1. The van der Waals surface area contributed by atoms with E-state index in [2.05, 4.69) is 5.32 Å². The molecule has 0 fully saturated rings. The van der Waals surface area contributed by atoms with E-state index in [1.54, 1.807) is 25.1 Å². The first kappa shape index (κ1) is 14.3. The van der Waals surface area contributed by atoms with E-state index in [1.807, 2.05) is 0 Å². The average Bonchev–Trinajstić information content (AvgIpc) is 2.43. The Morgan fingerprint density at radius 3 is 2.75 bits per heavy atom. The SMILES string of the molecule is COc1ccc(F)cc1C(=O)Nc1cccc(Cl)c1C. The molecule has 2 aromatic carbocycles. The lowest BCUT2D eigenvalue weighted by atomic mass is 10.1. The lowest BCUT2D eigenvalue weighted by molar-refractivity contribution is 0.102. The molecule has 0 aliphatic rings. The maximum absolute atomic E-state index is 13.3. The number of halogens is 2. The first-order valence-corrected chi connectivity index (χ1v) is 6.30. The quantitative estimate of drug-likeness (QED) is 0.927. The third-order valence-electron chi connectivity index (χ3n) is 2.92. The molecule has 0 heterocycles. The van der Waals surface area contributed by atoms with Gasteiger partial charge >= 0.3 is 0 Å². The van der Waals surface area contributed by atoms with Crippen LogP contribution in [-0.2, 0) is 0 Å². The highest BCUT2D eigenvalue weighted by molar-refractivity contribution is 6.31. The second-order valence-corrected chi connectivity index (χ2v) is 4.62. The van der Waals surface area contributed by atoms with Crippen LogP contribution in [0.15, 0.2) is 36.4 Å². The van der Waals surface area contributed by atoms with E-state index in [-0.39, 0.29) is 5.56 Å². The zero-order chi connectivity index (χ0) is 14.7. The zero-order valence-corrected chi connectivity index (χ0v) is 11.8. The number of ether oxygens (including phenoxy) is 1. The van der Waals surface area contributed by atoms with Crippen LogP contribution < -0.4 is 10.1 Å². The number of amides is 1. The molecule has 0 aliphatic carbocycles. The minimum absolute atomic E-state index is 0.131. The number of methoxy groups -OCH3 is 1. The molecule has 1 N–H and O–H groups in total. The van der Waals surface area contributed by atoms with Crippen LogP contribution in [0, 0.1) is 12.7 Å². The summed E-state index contributed by atoms with van der Waals surface area (Å²) in [6, 6.07) is 8.97. The fraction of sp³-hybridized carbons (Fsp3) is 0.133. The Morgan fingerprint density at radius 2 is 2.05 bits per heavy atom. The summed E-state index contributed by atoms with van der Waals surface area (Å²) >= 11 is 5.99. The van der Waals surface area contributed by atoms with Crippen LogP contribution in [0.3, 0.4) is 0 Å². The van der Waals surface area contributed by atoms with Gasteiger partial charge in [0.2, 0.25) is 0 Å². The van der Waals surface area contributed by atoms with Gasteiger partial charge in [-0.1, -0.05) is 17.7 Å². The Bertz CT molecular complexity index is 658. The number of hydrogen-bond donors (Lipinski definition) is 1. The maximum atomic E-state index is 13.3. The Labute approximate surface area is 121 Å². The fourth-order valence-corrected chi connectivity index (χ4v) is 1.96. The molecule has 0 radical (unpaired) electrons. The number of benzene rings is 2. The third kappa shape index (κ3) is 2.91. The Kier molecular flexibility index (Phi) is 4.25. The van der Waals surface area contributed by atoms with Crippen molar-refractivity contribution < 1.29 is 13.9 Å². The van der Waals surface area contributed by atoms with Crippen LogP contribution in [-0.4, -0.2) is 13.0 Å². The summed E-state index contributed by atoms with van der Waals surface area (Å²) in [6.45, 7) is 1.79. The average molecular weight is 294 g/mol. The maximum Gasteiger partial charge on any atom is 0.259 e. The van der Waals surface area contributed by atoms with Crippen LogP contribution in [0.4, 0.5) is 10.1 Å². The molecule has 0 unspecified atom stereocenters. The van der Waals surface area contributed by atoms with Gasteiger partial charge in [0.05, 0.1) is 12.7 Å². The first-order valence-electron chi connectivity index (χ1n) is 5.93. The monoisotopic (exact) mass is 293 g/mol. The molecular weight excluding hydrogens is 281 g/mol. The van der Waals surface area contributed by atoms with Gasteiger partial charge in [0.25, 0.3) is 5.91 Å². The van der Waals surface area contributed by atoms with Crippen LogP contribution in [0.5, 0.6) is 5.75 Å². The predicted octanol–water partition coefficient (Wildman–Crippen LogP) is 4.05. The third-order valence-corrected chi connectivity index (χ3v) is 3.33. The second kappa shape index (κ2) is 5.92. The van der Waals surface area contributed by atoms with Crippen molar-refractivity contribution in [1.29, 1.82) is 0 Å². The molecular formula is C15H13ClFNO2. The van der Waals surface area contributed by atoms with E-state index in [0.717, 1.165) is 11.6 Å². The molecule has 1 amide bonds. The summed E-state index contributed by atoms with van der Waals surface area (Å²) in [5, 5.41) is 3.25. The summed E-state index contributed by atoms with van der Waals surface area (Å²) in [7, 11) is 1.43. The van der Waals surface area contributed by atoms with Crippen molar-refractivity contribution in [2.24, 2.45) is 0 Å². The fourth-order valence-electron chi connectivity index (χ4n) is 1.79. The summed E-state index contributed by atoms with van der Waals surface area (Å²) < 4.78 is 18.3. The van der Waals surface area contributed by atoms with Crippen LogP contribution >= 0.6 is 11.6 Å². The van der Waals surface area contributed by atoms with Gasteiger partial charge in [-0.05, 0) is 42.8 Å². The van der Waals surface area contributed by atoms with Crippen molar-refractivity contribution in [3.05, 3.63) is 58.4 Å². The van der Waals surface area contributed by atoms with Gasteiger partial charge in [-0.15, -0.1) is 0 Å². The van der Waals surface area contributed by atoms with E-state index >= 15 is 0 Å². The molecule has 0 aliphatic heterocycles. The Balaban J connectivity index is 2.33. The Hall–Kier alpha value is -2.07. The van der Waals surface area contributed by atoms with E-state index in [0.29, 0.717) is 16.5 Å². The summed E-state index contributed by atoms with van der Waals surface area (Å²) in [5.41, 5.74) is 1.46. The van der Waals surface area contributed by atoms with Crippen molar-refractivity contribution in [2.45, 2.75) is 6.92 Å². The number of anilines is 1. The van der Waals surface area contributed by atoms with Crippen molar-refractivity contribution in [3.63, 3.8) is 0 Å². The number of rotatable bonds is 3. The molecule has 0 saturated carbocycles. The van der Waals surface area contributed by atoms with E-state index in [4.69, 9.17) is 16.3 Å². The largest absolute Gasteiger partial charge is 0.496 e. The van der Waals surface area contributed by atoms with E-state index in [1.165, 1.54) is 19.2 Å². The molecule has 0 bridgehead atoms. The van der Waals surface area contributed by atoms with E-state index < -0.39 is 11.7 Å². The standard InChI is InChI=1S/C15H13ClFNO2/c1-9-12(16)4-3-5-13(9)18-15(19)11-8-10(17)6-7-14(11)20-2/h3-8H,1-2H3,(H,18,19). The Morgan fingerprint density at radius 1 is 1.30 bits per heavy atom. The van der Waals surface area contributed by atoms with Crippen molar-refractivity contribution in [1.82, 2.24) is 0 Å². The van der Waals surface area contributed by atoms with Gasteiger partial charge in [-0.25, -0.2) is 4.39 Å². The van der Waals surface area contributed by atoms with Crippen LogP contribution in [0.2, 0.25) is 5.02 Å². The summed E-state index contributed by atoms with van der Waals surface area (Å²) in [4.78, 5) is 12.2. The van der Waals surface area contributed by atoms with Crippen LogP contribution in [0.1, 0.15) is 15.9 Å². The molecule has 0 spiro atoms. The topological polar surface area (TPSA) is 38.3 Å². The van der Waals surface area contributed by atoms with E-state index in [9.17, 15) is 9.18 Å². The molecule has 5 heteroatoms. The second-order valence-electron chi connectivity index (χ2n) is 4.21. The van der Waals surface area contributed by atoms with Gasteiger partial charge in [0.1, 0.15) is 11.6 Å². The minimum Gasteiger partial charge on any atom is -0.496 e. The molecule has 20 heavy (non-hydrogen) atoms. The lowest BCUT2D eigenvalue weighted by Gasteiger charge is -2.11. The number of carbonyl (C=O) groups is 1. The van der Waals surface area contributed by atoms with Gasteiger partial charge in [0, 0.05) is 10.7 Å². The molecule has 2 aromatic rings. The molecule has 0 atom stereocenters. The highest BCUT2D eigenvalue weighted by atomic mass is 35.5. The number of hydrogen-bond acceptors (Lipinski definition) is 2. The van der Waals surface area contributed by atoms with Gasteiger partial charge in [-0.2, -0.15) is 0 Å². The lowest BCUT2D eigenvalue weighted by Crippen LogP contribution is -2.14. The molecule has 104 valence electrons. The minimum atomic E-state index is -0.501. The summed E-state index contributed by atoms with van der Waals surface area (Å²) in [5.74, 6) is -0.644. The van der Waals surface area contributed by atoms with Crippen molar-refractivity contribution in [2.75, 3.05) is 12.4 Å². The molecule has 2 rings (SSSR count). The van der Waals surface area contributed by atoms with Gasteiger partial charge in [-0.3, -0.25) is 4.79 Å². The predicted molar refractivity (Wildman–Crippen MR) is 77.1 cm³/mol. The highest BCUT2D eigenvalue weighted by Gasteiger charge is 2.15. The van der Waals surface area contributed by atoms with Gasteiger partial charge < -0.3 is 10.1 Å². The number of nitrogens with one attached hydrogen (secondary N) is 1. The highest BCUT2D eigenvalue weighted by Crippen LogP contribution is 2.25. The van der Waals surface area contributed by atoms with Crippen LogP contribution in [0.25, 0.3) is 0 Å². The summed E-state index contributed by atoms with van der Waals surface area (Å²) in [6.07, 6.45) is 0. The molecule has 3 nitrogen and oxygen atoms in total.